The van der Waals surface area contributed by atoms with E-state index in [0.717, 1.165) is 0 Å². The minimum Gasteiger partial charge on any atom is -0.480 e. The number of aliphatic imine (C=N–C) groups is 1. The molecule has 5 atom stereocenters. The van der Waals surface area contributed by atoms with Gasteiger partial charge in [0.15, 0.2) is 5.96 Å². The molecule has 0 fully saturated rings. The third-order valence-electron chi connectivity index (χ3n) is 6.60. The van der Waals surface area contributed by atoms with Crippen LogP contribution in [0.3, 0.4) is 0 Å². The minimum absolute atomic E-state index is 0.0188. The number of amides is 4. The van der Waals surface area contributed by atoms with Crippen LogP contribution in [0.2, 0.25) is 0 Å². The molecule has 0 saturated heterocycles. The van der Waals surface area contributed by atoms with Gasteiger partial charge in [-0.05, 0) is 32.1 Å². The molecule has 0 aliphatic rings. The number of guanidine groups is 1. The number of imidazole rings is 2. The van der Waals surface area contributed by atoms with Crippen LogP contribution in [0.25, 0.3) is 0 Å². The van der Waals surface area contributed by atoms with E-state index in [4.69, 9.17) is 17.2 Å². The summed E-state index contributed by atoms with van der Waals surface area (Å²) in [6.07, 6.45) is 6.60. The molecule has 248 valence electrons. The van der Waals surface area contributed by atoms with Crippen molar-refractivity contribution >= 4 is 35.6 Å². The quantitative estimate of drug-likeness (QED) is 0.0434. The Bertz CT molecular complexity index is 1280. The predicted molar refractivity (Wildman–Crippen MR) is 163 cm³/mol. The number of nitrogens with one attached hydrogen (secondary N) is 6. The van der Waals surface area contributed by atoms with Gasteiger partial charge in [0.25, 0.3) is 0 Å². The lowest BCUT2D eigenvalue weighted by Gasteiger charge is -2.25. The molecule has 2 rings (SSSR count). The number of rotatable bonds is 19. The van der Waals surface area contributed by atoms with Gasteiger partial charge >= 0.3 is 5.97 Å². The number of carbonyl (C=O) groups excluding carboxylic acids is 4. The van der Waals surface area contributed by atoms with E-state index in [9.17, 15) is 29.1 Å². The van der Waals surface area contributed by atoms with E-state index in [2.05, 4.69) is 46.2 Å². The first-order valence-electron chi connectivity index (χ1n) is 14.5. The van der Waals surface area contributed by atoms with Gasteiger partial charge in [-0.15, -0.1) is 0 Å². The molecule has 0 radical (unpaired) electrons. The average molecular weight is 633 g/mol. The topological polar surface area (TPSA) is 301 Å². The molecule has 13 N–H and O–H groups in total. The van der Waals surface area contributed by atoms with Gasteiger partial charge in [0, 0.05) is 43.2 Å². The van der Waals surface area contributed by atoms with Crippen LogP contribution in [0.15, 0.2) is 30.0 Å². The number of hydrogen-bond acceptors (Lipinski definition) is 9. The first kappa shape index (κ1) is 36.2. The molecule has 0 aliphatic heterocycles. The van der Waals surface area contributed by atoms with Gasteiger partial charge in [0.2, 0.25) is 23.6 Å². The monoisotopic (exact) mass is 632 g/mol. The van der Waals surface area contributed by atoms with Crippen molar-refractivity contribution in [2.24, 2.45) is 28.1 Å². The zero-order chi connectivity index (χ0) is 33.5. The summed E-state index contributed by atoms with van der Waals surface area (Å²) in [6.45, 7) is 5.20. The van der Waals surface area contributed by atoms with Gasteiger partial charge < -0.3 is 53.5 Å². The molecule has 2 aromatic rings. The van der Waals surface area contributed by atoms with E-state index >= 15 is 0 Å². The number of hydrogen-bond donors (Lipinski definition) is 10. The van der Waals surface area contributed by atoms with Gasteiger partial charge in [-0.3, -0.25) is 24.2 Å². The Morgan fingerprint density at radius 1 is 0.822 bits per heavy atom. The van der Waals surface area contributed by atoms with Gasteiger partial charge in [-0.2, -0.15) is 0 Å². The van der Waals surface area contributed by atoms with Crippen LogP contribution in [0.4, 0.5) is 0 Å². The zero-order valence-corrected chi connectivity index (χ0v) is 25.6. The number of carbonyl (C=O) groups is 5. The van der Waals surface area contributed by atoms with Crippen molar-refractivity contribution in [3.63, 3.8) is 0 Å². The van der Waals surface area contributed by atoms with Crippen LogP contribution in [-0.4, -0.2) is 97.4 Å². The predicted octanol–water partition coefficient (Wildman–Crippen LogP) is -2.61. The molecule has 0 aromatic carbocycles. The number of carboxylic acids is 1. The van der Waals surface area contributed by atoms with Crippen LogP contribution < -0.4 is 38.5 Å². The molecular weight excluding hydrogens is 588 g/mol. The van der Waals surface area contributed by atoms with Gasteiger partial charge in [0.1, 0.15) is 24.2 Å². The van der Waals surface area contributed by atoms with Crippen molar-refractivity contribution in [2.45, 2.75) is 83.1 Å². The third kappa shape index (κ3) is 13.0. The summed E-state index contributed by atoms with van der Waals surface area (Å²) in [6, 6.07) is -5.60. The Morgan fingerprint density at radius 3 is 1.91 bits per heavy atom. The van der Waals surface area contributed by atoms with Crippen LogP contribution in [0.5, 0.6) is 0 Å². The van der Waals surface area contributed by atoms with Gasteiger partial charge in [-0.1, -0.05) is 13.8 Å². The molecule has 18 heteroatoms. The first-order valence-corrected chi connectivity index (χ1v) is 14.5. The van der Waals surface area contributed by atoms with Crippen molar-refractivity contribution in [3.8, 4) is 0 Å². The van der Waals surface area contributed by atoms with Crippen molar-refractivity contribution in [1.29, 1.82) is 0 Å². The molecular formula is C27H44N12O6. The number of nitrogens with two attached hydrogens (primary N) is 3. The van der Waals surface area contributed by atoms with E-state index in [1.807, 2.05) is 13.8 Å². The highest BCUT2D eigenvalue weighted by Crippen LogP contribution is 2.08. The molecule has 0 saturated carbocycles. The standard InChI is InChI=1S/C27H44N12O6/c1-14(2)7-21(26(44)45)39-24(42)19(5-4-6-33-27(29)30)37-22(40)15(3)36-25(43)20(9-17-11-32-13-35-17)38-23(41)18(28)8-16-10-31-12-34-16/h10-15,18-21H,4-9,28H2,1-3H3,(H,31,34)(H,32,35)(H,36,43)(H,37,40)(H,38,41)(H,39,42)(H,44,45)(H4,29,30,33)/t15-,18-,19-,20-,21-/m0/s1. The second kappa shape index (κ2) is 18.0. The fourth-order valence-electron chi connectivity index (χ4n) is 4.24. The number of carboxylic acid groups (broad SMARTS) is 1. The molecule has 0 aliphatic carbocycles. The summed E-state index contributed by atoms with van der Waals surface area (Å²) in [4.78, 5) is 81.5. The fraction of sp³-hybridized carbons (Fsp3) is 0.556. The number of H-pyrrole nitrogens is 2. The maximum absolute atomic E-state index is 13.3. The van der Waals surface area contributed by atoms with E-state index in [1.165, 1.54) is 32.0 Å². The second-order valence-corrected chi connectivity index (χ2v) is 11.0. The van der Waals surface area contributed by atoms with Crippen LogP contribution in [0.1, 0.15) is 51.4 Å². The summed E-state index contributed by atoms with van der Waals surface area (Å²) in [5.41, 5.74) is 17.9. The van der Waals surface area contributed by atoms with Crippen LogP contribution in [-0.2, 0) is 36.8 Å². The molecule has 4 amide bonds. The summed E-state index contributed by atoms with van der Waals surface area (Å²) in [5, 5.41) is 19.8. The number of aliphatic carboxylic acids is 1. The summed E-state index contributed by atoms with van der Waals surface area (Å²) in [5.74, 6) is -4.10. The van der Waals surface area contributed by atoms with E-state index in [0.29, 0.717) is 11.4 Å². The highest BCUT2D eigenvalue weighted by molar-refractivity contribution is 5.95. The Morgan fingerprint density at radius 2 is 1.38 bits per heavy atom. The Balaban J connectivity index is 2.11. The summed E-state index contributed by atoms with van der Waals surface area (Å²) < 4.78 is 0. The molecule has 2 aromatic heterocycles. The second-order valence-electron chi connectivity index (χ2n) is 11.0. The Hall–Kier alpha value is -5.00. The molecule has 0 spiro atoms. The zero-order valence-electron chi connectivity index (χ0n) is 25.6. The lowest BCUT2D eigenvalue weighted by Crippen LogP contribution is -2.58. The fourth-order valence-corrected chi connectivity index (χ4v) is 4.24. The van der Waals surface area contributed by atoms with Crippen LogP contribution >= 0.6 is 0 Å². The van der Waals surface area contributed by atoms with Crippen molar-refractivity contribution < 1.29 is 29.1 Å². The number of aromatic nitrogens is 4. The highest BCUT2D eigenvalue weighted by atomic mass is 16.4. The molecule has 0 bridgehead atoms. The first-order chi connectivity index (χ1) is 21.3. The van der Waals surface area contributed by atoms with Gasteiger partial charge in [0.05, 0.1) is 18.7 Å². The SMILES string of the molecule is CC(C)C[C@H](NC(=O)[C@H](CCCN=C(N)N)NC(=O)[C@H](C)NC(=O)[C@H](Cc1cnc[nH]1)NC(=O)[C@@H](N)Cc1cnc[nH]1)C(=O)O. The van der Waals surface area contributed by atoms with Crippen LogP contribution in [0, 0.1) is 5.92 Å². The average Bonchev–Trinajstić information content (AvgIpc) is 3.67. The Kier molecular flexibility index (Phi) is 14.4. The van der Waals surface area contributed by atoms with Crippen molar-refractivity contribution in [1.82, 2.24) is 41.2 Å². The molecule has 0 unspecified atom stereocenters. The minimum atomic E-state index is -1.21. The maximum Gasteiger partial charge on any atom is 0.326 e. The van der Waals surface area contributed by atoms with Crippen molar-refractivity contribution in [3.05, 3.63) is 36.4 Å². The largest absolute Gasteiger partial charge is 0.480 e. The lowest BCUT2D eigenvalue weighted by atomic mass is 10.0. The Labute approximate surface area is 260 Å². The maximum atomic E-state index is 13.3. The highest BCUT2D eigenvalue weighted by Gasteiger charge is 2.30. The number of nitrogens with zero attached hydrogens (tertiary/aromatic N) is 3. The lowest BCUT2D eigenvalue weighted by molar-refractivity contribution is -0.142. The smallest absolute Gasteiger partial charge is 0.326 e. The van der Waals surface area contributed by atoms with E-state index < -0.39 is 59.8 Å². The van der Waals surface area contributed by atoms with Crippen molar-refractivity contribution in [2.75, 3.05) is 6.54 Å². The molecule has 2 heterocycles. The summed E-state index contributed by atoms with van der Waals surface area (Å²) >= 11 is 0. The van der Waals surface area contributed by atoms with Gasteiger partial charge in [-0.25, -0.2) is 14.8 Å². The van der Waals surface area contributed by atoms with E-state index in [-0.39, 0.29) is 50.5 Å². The summed E-state index contributed by atoms with van der Waals surface area (Å²) in [7, 11) is 0. The normalized spacial score (nSPS) is 14.3. The number of aromatic amines is 2. The van der Waals surface area contributed by atoms with E-state index in [1.54, 1.807) is 0 Å². The third-order valence-corrected chi connectivity index (χ3v) is 6.60. The molecule has 45 heavy (non-hydrogen) atoms. The molecule has 18 nitrogen and oxygen atoms in total.